The topological polar surface area (TPSA) is 390 Å². The van der Waals surface area contributed by atoms with Crippen LogP contribution in [0.5, 0.6) is 5.75 Å². The molecule has 0 aliphatic carbocycles. The van der Waals surface area contributed by atoms with Crippen molar-refractivity contribution in [3.63, 3.8) is 0 Å². The van der Waals surface area contributed by atoms with Gasteiger partial charge < -0.3 is 56.5 Å². The first-order chi connectivity index (χ1) is 38.2. The lowest BCUT2D eigenvalue weighted by molar-refractivity contribution is -0.145. The monoisotopic (exact) mass is 1160 g/mol. The SMILES string of the molecule is CC(=O)N1CC(CCl)c2c1cc(OC(=O)OCCSSCC(CCCCC(NC(=O)CCC(CC(=O)CCC(NC(=O)c1ccc(NCc3cnc4nc(N)[nH]c(=O)c4n3)cc1)C(=O)O)C(=O)O)C(=O)O)C(=O)O)c1ccccc21. The molecule has 0 saturated carbocycles. The van der Waals surface area contributed by atoms with Crippen molar-refractivity contribution < 1.29 is 73.1 Å². The van der Waals surface area contributed by atoms with E-state index in [2.05, 4.69) is 35.9 Å². The van der Waals surface area contributed by atoms with E-state index in [1.807, 2.05) is 12.1 Å². The predicted octanol–water partition coefficient (Wildman–Crippen LogP) is 5.58. The highest BCUT2D eigenvalue weighted by atomic mass is 35.5. The molecule has 426 valence electrons. The van der Waals surface area contributed by atoms with E-state index in [-0.39, 0.29) is 91.3 Å². The van der Waals surface area contributed by atoms with E-state index in [1.165, 1.54) is 46.8 Å². The summed E-state index contributed by atoms with van der Waals surface area (Å²) in [5.74, 6) is -8.99. The average Bonchev–Trinajstić information content (AvgIpc) is 3.90. The maximum Gasteiger partial charge on any atom is 0.513 e. The van der Waals surface area contributed by atoms with Crippen molar-refractivity contribution in [1.82, 2.24) is 30.6 Å². The van der Waals surface area contributed by atoms with Crippen LogP contribution in [0.2, 0.25) is 0 Å². The molecular formula is C52H58ClN9O16S2. The zero-order valence-corrected chi connectivity index (χ0v) is 45.4. The van der Waals surface area contributed by atoms with Gasteiger partial charge in [-0.25, -0.2) is 24.4 Å². The van der Waals surface area contributed by atoms with Crippen LogP contribution in [0.25, 0.3) is 21.9 Å². The summed E-state index contributed by atoms with van der Waals surface area (Å²) in [4.78, 5) is 140. The van der Waals surface area contributed by atoms with Crippen molar-refractivity contribution >= 4 is 126 Å². The molecule has 3 heterocycles. The molecule has 6 rings (SSSR count). The number of ketones is 1. The number of ether oxygens (including phenoxy) is 2. The Hall–Kier alpha value is -8.04. The van der Waals surface area contributed by atoms with Gasteiger partial charge in [0.15, 0.2) is 11.2 Å². The molecule has 0 bridgehead atoms. The summed E-state index contributed by atoms with van der Waals surface area (Å²) < 4.78 is 10.9. The van der Waals surface area contributed by atoms with Crippen LogP contribution in [0.4, 0.5) is 22.1 Å². The molecule has 5 unspecified atom stereocenters. The number of carboxylic acids is 4. The fourth-order valence-corrected chi connectivity index (χ4v) is 11.1. The van der Waals surface area contributed by atoms with Gasteiger partial charge in [0.05, 0.1) is 36.0 Å². The molecule has 0 spiro atoms. The van der Waals surface area contributed by atoms with Gasteiger partial charge in [-0.05, 0) is 60.9 Å². The van der Waals surface area contributed by atoms with Crippen LogP contribution in [-0.4, -0.2) is 137 Å². The van der Waals surface area contributed by atoms with E-state index in [4.69, 9.17) is 26.8 Å². The van der Waals surface area contributed by atoms with Gasteiger partial charge in [0, 0.05) is 78.7 Å². The first-order valence-electron chi connectivity index (χ1n) is 25.1. The number of H-pyrrole nitrogens is 1. The van der Waals surface area contributed by atoms with Crippen molar-refractivity contribution in [3.05, 3.63) is 88.0 Å². The number of carboxylic acid groups (broad SMARTS) is 4. The van der Waals surface area contributed by atoms with Crippen LogP contribution >= 0.6 is 33.2 Å². The largest absolute Gasteiger partial charge is 0.513 e. The van der Waals surface area contributed by atoms with E-state index in [9.17, 15) is 68.4 Å². The molecule has 2 aromatic heterocycles. The third-order valence-electron chi connectivity index (χ3n) is 12.9. The van der Waals surface area contributed by atoms with Crippen LogP contribution in [-0.2, 0) is 44.8 Å². The molecule has 3 aromatic carbocycles. The third-order valence-corrected chi connectivity index (χ3v) is 15.7. The molecule has 0 radical (unpaired) electrons. The smallest absolute Gasteiger partial charge is 0.481 e. The molecule has 10 N–H and O–H groups in total. The Morgan fingerprint density at radius 1 is 0.838 bits per heavy atom. The van der Waals surface area contributed by atoms with Gasteiger partial charge in [-0.2, -0.15) is 4.98 Å². The minimum Gasteiger partial charge on any atom is -0.481 e. The van der Waals surface area contributed by atoms with Crippen molar-refractivity contribution in [2.45, 2.75) is 89.3 Å². The Morgan fingerprint density at radius 2 is 1.52 bits per heavy atom. The lowest BCUT2D eigenvalue weighted by Crippen LogP contribution is -2.41. The van der Waals surface area contributed by atoms with Gasteiger partial charge in [-0.3, -0.25) is 38.5 Å². The number of benzene rings is 3. The molecule has 0 fully saturated rings. The summed E-state index contributed by atoms with van der Waals surface area (Å²) in [5.41, 5.74) is 7.60. The zero-order valence-electron chi connectivity index (χ0n) is 43.0. The predicted molar refractivity (Wildman–Crippen MR) is 296 cm³/mol. The Labute approximate surface area is 468 Å². The van der Waals surface area contributed by atoms with Crippen LogP contribution in [0.15, 0.2) is 65.6 Å². The Kier molecular flexibility index (Phi) is 22.4. The summed E-state index contributed by atoms with van der Waals surface area (Å²) in [6, 6.07) is 12.0. The number of anilines is 3. The Bertz CT molecular complexity index is 3190. The highest BCUT2D eigenvalue weighted by Crippen LogP contribution is 2.45. The highest BCUT2D eigenvalue weighted by molar-refractivity contribution is 8.76. The maximum absolute atomic E-state index is 13.0. The number of aliphatic carboxylic acids is 4. The molecule has 5 aromatic rings. The molecule has 5 atom stereocenters. The van der Waals surface area contributed by atoms with Crippen molar-refractivity contribution in [2.24, 2.45) is 11.8 Å². The van der Waals surface area contributed by atoms with Crippen LogP contribution in [0, 0.1) is 11.8 Å². The van der Waals surface area contributed by atoms with Gasteiger partial charge in [-0.15, -0.1) is 11.6 Å². The number of carbonyl (C=O) groups excluding carboxylic acids is 5. The highest BCUT2D eigenvalue weighted by Gasteiger charge is 2.34. The Morgan fingerprint density at radius 3 is 2.20 bits per heavy atom. The van der Waals surface area contributed by atoms with E-state index < -0.39 is 96.4 Å². The number of hydrogen-bond acceptors (Lipinski definition) is 19. The summed E-state index contributed by atoms with van der Waals surface area (Å²) in [6.07, 6.45) is -1.03. The standard InChI is InChI=1S/C52H58ClN9O16S2/c1-27(63)62-25-31(22-53)42-36-8-4-3-7-35(36)40(21-39(42)62)78-52(76)77-18-19-79-80-26-30(48(70)71)6-2-5-9-37(49(72)73)58-41(65)17-12-29(47(68)69)20-34(64)15-16-38(50(74)75)59-45(66)28-10-13-32(14-11-28)55-23-33-24-56-44-43(57-33)46(67)61-51(54)60-44/h3-4,7-8,10-11,13-14,21,24,29-31,37-38,55H,2,5-6,9,12,15-20,22-23,25-26H2,1H3,(H,58,65)(H,59,66)(H,68,69)(H,70,71)(H,72,73)(H,74,75)(H3,54,56,60,61,67). The second kappa shape index (κ2) is 29.3. The van der Waals surface area contributed by atoms with Gasteiger partial charge >= 0.3 is 30.0 Å². The lowest BCUT2D eigenvalue weighted by Gasteiger charge is -2.17. The summed E-state index contributed by atoms with van der Waals surface area (Å²) in [6.45, 7) is 1.94. The first kappa shape index (κ1) is 61.2. The summed E-state index contributed by atoms with van der Waals surface area (Å²) in [7, 11) is 2.54. The molecule has 1 aliphatic heterocycles. The number of aromatic amines is 1. The van der Waals surface area contributed by atoms with Gasteiger partial charge in [0.1, 0.15) is 30.2 Å². The molecular weight excluding hydrogens is 1110 g/mol. The molecule has 28 heteroatoms. The summed E-state index contributed by atoms with van der Waals surface area (Å²) in [5, 5.41) is 48.4. The number of fused-ring (bicyclic) bond motifs is 4. The normalized spacial score (nSPS) is 14.3. The second-order valence-electron chi connectivity index (χ2n) is 18.6. The van der Waals surface area contributed by atoms with Gasteiger partial charge in [0.2, 0.25) is 17.8 Å². The number of halogens is 1. The van der Waals surface area contributed by atoms with Gasteiger partial charge in [0.25, 0.3) is 11.5 Å². The number of nitrogens with zero attached hydrogens (tertiary/aromatic N) is 4. The number of nitrogens with one attached hydrogen (secondary N) is 4. The van der Waals surface area contributed by atoms with Crippen LogP contribution in [0.1, 0.15) is 92.2 Å². The number of rotatable bonds is 31. The fourth-order valence-electron chi connectivity index (χ4n) is 8.72. The Balaban J connectivity index is 0.858. The quantitative estimate of drug-likeness (QED) is 0.00859. The number of carbonyl (C=O) groups is 9. The molecule has 0 saturated heterocycles. The minimum atomic E-state index is -1.52. The molecule has 1 aliphatic rings. The van der Waals surface area contributed by atoms with Gasteiger partial charge in [-0.1, -0.05) is 58.7 Å². The number of unbranched alkanes of at least 4 members (excludes halogenated alkanes) is 1. The number of hydrogen-bond donors (Lipinski definition) is 9. The fraction of sp³-hybridized carbons (Fsp3) is 0.404. The summed E-state index contributed by atoms with van der Waals surface area (Å²) >= 11 is 6.25. The number of nitrogen functional groups attached to an aromatic ring is 1. The zero-order chi connectivity index (χ0) is 58.0. The van der Waals surface area contributed by atoms with Crippen LogP contribution < -0.4 is 36.9 Å². The van der Waals surface area contributed by atoms with Crippen LogP contribution in [0.3, 0.4) is 0 Å². The van der Waals surface area contributed by atoms with E-state index in [0.717, 1.165) is 10.9 Å². The average molecular weight is 1160 g/mol. The number of amides is 3. The molecule has 80 heavy (non-hydrogen) atoms. The minimum absolute atomic E-state index is 0.00327. The number of nitrogens with two attached hydrogens (primary N) is 1. The molecule has 3 amide bonds. The first-order valence-corrected chi connectivity index (χ1v) is 28.1. The van der Waals surface area contributed by atoms with E-state index >= 15 is 0 Å². The molecule has 25 nitrogen and oxygen atoms in total. The second-order valence-corrected chi connectivity index (χ2v) is 21.5. The number of Topliss-reactive ketones (excluding diaryl/α,β-unsaturated/α-hetero) is 1. The number of alkyl halides is 1. The van der Waals surface area contributed by atoms with Crippen molar-refractivity contribution in [3.8, 4) is 5.75 Å². The van der Waals surface area contributed by atoms with Crippen molar-refractivity contribution in [2.75, 3.05) is 46.5 Å². The number of aromatic nitrogens is 4. The maximum atomic E-state index is 13.0. The van der Waals surface area contributed by atoms with Crippen molar-refractivity contribution in [1.29, 1.82) is 0 Å². The van der Waals surface area contributed by atoms with E-state index in [0.29, 0.717) is 47.1 Å². The third kappa shape index (κ3) is 17.2. The lowest BCUT2D eigenvalue weighted by atomic mass is 9.94. The van der Waals surface area contributed by atoms with E-state index in [1.54, 1.807) is 35.2 Å².